The normalized spacial score (nSPS) is 10.3. The van der Waals surface area contributed by atoms with Gasteiger partial charge in [0.1, 0.15) is 5.75 Å². The lowest BCUT2D eigenvalue weighted by Gasteiger charge is -2.11. The van der Waals surface area contributed by atoms with Crippen LogP contribution in [0.3, 0.4) is 0 Å². The molecule has 0 aliphatic carbocycles. The number of para-hydroxylation sites is 2. The van der Waals surface area contributed by atoms with E-state index in [0.29, 0.717) is 35.7 Å². The summed E-state index contributed by atoms with van der Waals surface area (Å²) in [6.45, 7) is 4.88. The molecule has 0 unspecified atom stereocenters. The zero-order valence-corrected chi connectivity index (χ0v) is 16.6. The van der Waals surface area contributed by atoms with Crippen molar-refractivity contribution in [3.63, 3.8) is 0 Å². The summed E-state index contributed by atoms with van der Waals surface area (Å²) in [4.78, 5) is 24.9. The minimum Gasteiger partial charge on any atom is -0.492 e. The molecule has 3 rings (SSSR count). The number of hydrogen-bond acceptors (Lipinski definition) is 3. The molecule has 29 heavy (non-hydrogen) atoms. The second-order valence-corrected chi connectivity index (χ2v) is 6.63. The Morgan fingerprint density at radius 3 is 2.10 bits per heavy atom. The summed E-state index contributed by atoms with van der Waals surface area (Å²) >= 11 is 0. The van der Waals surface area contributed by atoms with Crippen molar-refractivity contribution in [1.82, 2.24) is 5.32 Å². The minimum atomic E-state index is -0.260. The van der Waals surface area contributed by atoms with E-state index < -0.39 is 0 Å². The fourth-order valence-electron chi connectivity index (χ4n) is 2.81. The first-order valence-electron chi connectivity index (χ1n) is 9.54. The first kappa shape index (κ1) is 20.1. The number of carbonyl (C=O) groups is 2. The quantitative estimate of drug-likeness (QED) is 0.623. The van der Waals surface area contributed by atoms with E-state index in [1.165, 1.54) is 5.56 Å². The fourth-order valence-corrected chi connectivity index (χ4v) is 2.81. The van der Waals surface area contributed by atoms with Gasteiger partial charge in [-0.1, -0.05) is 42.0 Å². The van der Waals surface area contributed by atoms with Crippen LogP contribution in [0.5, 0.6) is 5.75 Å². The van der Waals surface area contributed by atoms with Crippen LogP contribution < -0.4 is 15.4 Å². The van der Waals surface area contributed by atoms with Crippen LogP contribution in [0.1, 0.15) is 38.8 Å². The van der Waals surface area contributed by atoms with Crippen molar-refractivity contribution in [2.45, 2.75) is 20.4 Å². The van der Waals surface area contributed by atoms with Gasteiger partial charge in [-0.2, -0.15) is 0 Å². The Morgan fingerprint density at radius 1 is 0.828 bits per heavy atom. The van der Waals surface area contributed by atoms with Crippen LogP contribution in [0.2, 0.25) is 0 Å². The van der Waals surface area contributed by atoms with Gasteiger partial charge in [0.05, 0.1) is 12.3 Å². The zero-order chi connectivity index (χ0) is 20.6. The first-order chi connectivity index (χ1) is 14.1. The number of aryl methyl sites for hydroxylation is 1. The third-order valence-electron chi connectivity index (χ3n) is 4.42. The third kappa shape index (κ3) is 5.45. The number of amides is 2. The van der Waals surface area contributed by atoms with Crippen molar-refractivity contribution >= 4 is 17.5 Å². The van der Waals surface area contributed by atoms with Gasteiger partial charge in [0.2, 0.25) is 0 Å². The lowest BCUT2D eigenvalue weighted by molar-refractivity contribution is 0.0949. The number of carbonyl (C=O) groups excluding carboxylic acids is 2. The summed E-state index contributed by atoms with van der Waals surface area (Å²) in [5.74, 6) is 0.179. The van der Waals surface area contributed by atoms with Crippen molar-refractivity contribution in [3.05, 3.63) is 95.1 Å². The van der Waals surface area contributed by atoms with Crippen LogP contribution in [-0.4, -0.2) is 18.4 Å². The number of rotatable bonds is 7. The highest BCUT2D eigenvalue weighted by molar-refractivity contribution is 6.05. The number of benzene rings is 3. The Kier molecular flexibility index (Phi) is 6.63. The maximum atomic E-state index is 12.5. The zero-order valence-electron chi connectivity index (χ0n) is 16.6. The lowest BCUT2D eigenvalue weighted by Crippen LogP contribution is -2.23. The van der Waals surface area contributed by atoms with E-state index in [1.54, 1.807) is 36.4 Å². The Morgan fingerprint density at radius 2 is 1.45 bits per heavy atom. The molecule has 0 heterocycles. The van der Waals surface area contributed by atoms with Gasteiger partial charge in [-0.15, -0.1) is 0 Å². The predicted octanol–water partition coefficient (Wildman–Crippen LogP) is 4.58. The molecule has 0 aliphatic heterocycles. The monoisotopic (exact) mass is 388 g/mol. The van der Waals surface area contributed by atoms with Crippen LogP contribution in [0, 0.1) is 6.92 Å². The Hall–Kier alpha value is -3.60. The molecule has 5 heteroatoms. The van der Waals surface area contributed by atoms with Crippen LogP contribution in [-0.2, 0) is 6.54 Å². The summed E-state index contributed by atoms with van der Waals surface area (Å²) in [5.41, 5.74) is 3.79. The van der Waals surface area contributed by atoms with Gasteiger partial charge >= 0.3 is 0 Å². The molecule has 0 bridgehead atoms. The van der Waals surface area contributed by atoms with Gasteiger partial charge in [-0.25, -0.2) is 0 Å². The molecule has 0 radical (unpaired) electrons. The molecular weight excluding hydrogens is 364 g/mol. The standard InChI is InChI=1S/C24H24N2O3/c1-3-29-22-7-5-4-6-21(22)26-24(28)20-14-12-19(13-15-20)23(27)25-16-18-10-8-17(2)9-11-18/h4-15H,3,16H2,1-2H3,(H,25,27)(H,26,28). The van der Waals surface area contributed by atoms with Gasteiger partial charge in [0.15, 0.2) is 0 Å². The van der Waals surface area contributed by atoms with Gasteiger partial charge < -0.3 is 15.4 Å². The molecule has 3 aromatic carbocycles. The minimum absolute atomic E-state index is 0.181. The van der Waals surface area contributed by atoms with Gasteiger partial charge in [0.25, 0.3) is 11.8 Å². The SMILES string of the molecule is CCOc1ccccc1NC(=O)c1ccc(C(=O)NCc2ccc(C)cc2)cc1. The first-order valence-corrected chi connectivity index (χ1v) is 9.54. The van der Waals surface area contributed by atoms with Crippen molar-refractivity contribution in [2.24, 2.45) is 0 Å². The lowest BCUT2D eigenvalue weighted by atomic mass is 10.1. The van der Waals surface area contributed by atoms with E-state index in [-0.39, 0.29) is 11.8 Å². The van der Waals surface area contributed by atoms with Gasteiger partial charge in [-0.3, -0.25) is 9.59 Å². The molecule has 148 valence electrons. The average molecular weight is 388 g/mol. The summed E-state index contributed by atoms with van der Waals surface area (Å²) in [5, 5.41) is 5.74. The van der Waals surface area contributed by atoms with E-state index in [0.717, 1.165) is 5.56 Å². The Balaban J connectivity index is 1.61. The van der Waals surface area contributed by atoms with E-state index in [4.69, 9.17) is 4.74 Å². The number of hydrogen-bond donors (Lipinski definition) is 2. The molecule has 0 aromatic heterocycles. The van der Waals surface area contributed by atoms with Gasteiger partial charge in [0, 0.05) is 17.7 Å². The van der Waals surface area contributed by atoms with Crippen LogP contribution in [0.15, 0.2) is 72.8 Å². The molecular formula is C24H24N2O3. The summed E-state index contributed by atoms with van der Waals surface area (Å²) in [7, 11) is 0. The fraction of sp³-hybridized carbons (Fsp3) is 0.167. The second-order valence-electron chi connectivity index (χ2n) is 6.63. The van der Waals surface area contributed by atoms with Crippen LogP contribution >= 0.6 is 0 Å². The van der Waals surface area contributed by atoms with Gasteiger partial charge in [-0.05, 0) is 55.8 Å². The molecule has 2 amide bonds. The van der Waals surface area contributed by atoms with E-state index in [2.05, 4.69) is 10.6 Å². The molecule has 3 aromatic rings. The molecule has 2 N–H and O–H groups in total. The molecule has 0 saturated carbocycles. The molecule has 0 fully saturated rings. The van der Waals surface area contributed by atoms with E-state index >= 15 is 0 Å². The van der Waals surface area contributed by atoms with Crippen molar-refractivity contribution in [1.29, 1.82) is 0 Å². The largest absolute Gasteiger partial charge is 0.492 e. The van der Waals surface area contributed by atoms with Crippen molar-refractivity contribution < 1.29 is 14.3 Å². The Bertz CT molecular complexity index is 980. The highest BCUT2D eigenvalue weighted by atomic mass is 16.5. The van der Waals surface area contributed by atoms with Crippen LogP contribution in [0.4, 0.5) is 5.69 Å². The summed E-state index contributed by atoms with van der Waals surface area (Å²) < 4.78 is 5.53. The number of nitrogens with one attached hydrogen (secondary N) is 2. The topological polar surface area (TPSA) is 67.4 Å². The maximum Gasteiger partial charge on any atom is 0.255 e. The highest BCUT2D eigenvalue weighted by Gasteiger charge is 2.11. The molecule has 0 atom stereocenters. The smallest absolute Gasteiger partial charge is 0.255 e. The number of ether oxygens (including phenoxy) is 1. The second kappa shape index (κ2) is 9.55. The molecule has 0 aliphatic rings. The molecule has 5 nitrogen and oxygen atoms in total. The van der Waals surface area contributed by atoms with Crippen molar-refractivity contribution in [3.8, 4) is 5.75 Å². The third-order valence-corrected chi connectivity index (χ3v) is 4.42. The molecule has 0 saturated heterocycles. The highest BCUT2D eigenvalue weighted by Crippen LogP contribution is 2.24. The van der Waals surface area contributed by atoms with E-state index in [1.807, 2.05) is 50.2 Å². The predicted molar refractivity (Wildman–Crippen MR) is 114 cm³/mol. The average Bonchev–Trinajstić information content (AvgIpc) is 2.75. The van der Waals surface area contributed by atoms with Crippen LogP contribution in [0.25, 0.3) is 0 Å². The maximum absolute atomic E-state index is 12.5. The van der Waals surface area contributed by atoms with E-state index in [9.17, 15) is 9.59 Å². The summed E-state index contributed by atoms with van der Waals surface area (Å²) in [6, 6.07) is 21.9. The summed E-state index contributed by atoms with van der Waals surface area (Å²) in [6.07, 6.45) is 0. The number of anilines is 1. The Labute approximate surface area is 170 Å². The van der Waals surface area contributed by atoms with Crippen molar-refractivity contribution in [2.75, 3.05) is 11.9 Å². The molecule has 0 spiro atoms.